The topological polar surface area (TPSA) is 42.7 Å². The number of hydrogen-bond acceptors (Lipinski definition) is 3. The molecule has 0 spiro atoms. The fourth-order valence-electron chi connectivity index (χ4n) is 2.71. The first-order valence-electron chi connectivity index (χ1n) is 7.83. The van der Waals surface area contributed by atoms with Gasteiger partial charge in [0.25, 0.3) is 5.91 Å². The smallest absolute Gasteiger partial charge is 0.387 e. The van der Waals surface area contributed by atoms with Crippen LogP contribution in [0.25, 0.3) is 11.0 Å². The normalized spacial score (nSPS) is 11.2. The quantitative estimate of drug-likeness (QED) is 0.606. The Balaban J connectivity index is 1.78. The molecule has 0 bridgehead atoms. The van der Waals surface area contributed by atoms with Crippen LogP contribution in [-0.2, 0) is 6.54 Å². The van der Waals surface area contributed by atoms with Crippen LogP contribution in [0.1, 0.15) is 21.7 Å². The van der Waals surface area contributed by atoms with E-state index in [9.17, 15) is 13.6 Å². The minimum atomic E-state index is -2.87. The highest BCUT2D eigenvalue weighted by Gasteiger charge is 2.22. The Morgan fingerprint density at radius 1 is 1.23 bits per heavy atom. The van der Waals surface area contributed by atoms with Gasteiger partial charge in [0.05, 0.1) is 5.02 Å². The number of benzene rings is 2. The lowest BCUT2D eigenvalue weighted by molar-refractivity contribution is -0.0498. The molecule has 0 saturated heterocycles. The first-order chi connectivity index (χ1) is 12.4. The van der Waals surface area contributed by atoms with Crippen LogP contribution in [0.4, 0.5) is 8.78 Å². The monoisotopic (exact) mass is 379 g/mol. The Hall–Kier alpha value is -2.60. The number of halogens is 3. The molecule has 26 heavy (non-hydrogen) atoms. The molecule has 136 valence electrons. The molecule has 0 unspecified atom stereocenters. The average Bonchev–Trinajstić information content (AvgIpc) is 2.94. The van der Waals surface area contributed by atoms with Gasteiger partial charge in [0.2, 0.25) is 0 Å². The molecule has 2 aromatic carbocycles. The number of nitrogens with zero attached hydrogens (tertiary/aromatic N) is 1. The molecule has 1 amide bonds. The number of amides is 1. The van der Waals surface area contributed by atoms with Crippen LogP contribution >= 0.6 is 11.6 Å². The van der Waals surface area contributed by atoms with Crippen molar-refractivity contribution in [1.82, 2.24) is 4.90 Å². The minimum absolute atomic E-state index is 0.0699. The Bertz CT molecular complexity index is 938. The summed E-state index contributed by atoms with van der Waals surface area (Å²) in [7, 11) is 1.64. The summed E-state index contributed by atoms with van der Waals surface area (Å²) in [5, 5.41) is 1.24. The van der Waals surface area contributed by atoms with Crippen LogP contribution in [0.2, 0.25) is 5.02 Å². The number of rotatable bonds is 5. The van der Waals surface area contributed by atoms with Gasteiger partial charge < -0.3 is 14.1 Å². The molecule has 1 heterocycles. The molecule has 3 rings (SSSR count). The highest BCUT2D eigenvalue weighted by molar-refractivity contribution is 6.35. The number of alkyl halides is 2. The number of carbonyl (C=O) groups excluding carboxylic acids is 1. The van der Waals surface area contributed by atoms with Crippen LogP contribution in [0, 0.1) is 6.92 Å². The second kappa shape index (κ2) is 7.33. The van der Waals surface area contributed by atoms with Crippen LogP contribution in [0.15, 0.2) is 46.9 Å². The molecule has 0 aliphatic heterocycles. The molecule has 0 saturated carbocycles. The number of fused-ring (bicyclic) bond motifs is 1. The van der Waals surface area contributed by atoms with E-state index in [4.69, 9.17) is 16.0 Å². The first kappa shape index (κ1) is 18.2. The lowest BCUT2D eigenvalue weighted by Crippen LogP contribution is -2.26. The second-order valence-electron chi connectivity index (χ2n) is 5.86. The van der Waals surface area contributed by atoms with E-state index in [1.54, 1.807) is 38.2 Å². The number of aryl methyl sites for hydroxylation is 1. The largest absolute Gasteiger partial charge is 0.449 e. The highest BCUT2D eigenvalue weighted by Crippen LogP contribution is 2.31. The Morgan fingerprint density at radius 2 is 1.92 bits per heavy atom. The Morgan fingerprint density at radius 3 is 2.54 bits per heavy atom. The Labute approximate surface area is 153 Å². The van der Waals surface area contributed by atoms with Crippen molar-refractivity contribution in [3.63, 3.8) is 0 Å². The van der Waals surface area contributed by atoms with Gasteiger partial charge in [-0.1, -0.05) is 35.9 Å². The first-order valence-corrected chi connectivity index (χ1v) is 8.21. The molecule has 1 aromatic heterocycles. The molecule has 0 radical (unpaired) electrons. The van der Waals surface area contributed by atoms with Gasteiger partial charge in [-0.05, 0) is 30.7 Å². The lowest BCUT2D eigenvalue weighted by atomic mass is 10.1. The van der Waals surface area contributed by atoms with Crippen molar-refractivity contribution in [2.45, 2.75) is 20.1 Å². The van der Waals surface area contributed by atoms with E-state index in [0.717, 1.165) is 16.5 Å². The zero-order valence-electron chi connectivity index (χ0n) is 14.1. The van der Waals surface area contributed by atoms with E-state index in [1.807, 2.05) is 6.07 Å². The molecule has 0 aliphatic rings. The summed E-state index contributed by atoms with van der Waals surface area (Å²) >= 11 is 6.12. The van der Waals surface area contributed by atoms with Gasteiger partial charge in [0, 0.05) is 24.5 Å². The van der Waals surface area contributed by atoms with Crippen LogP contribution in [0.3, 0.4) is 0 Å². The van der Waals surface area contributed by atoms with Gasteiger partial charge >= 0.3 is 6.61 Å². The van der Waals surface area contributed by atoms with Crippen LogP contribution in [0.5, 0.6) is 5.75 Å². The van der Waals surface area contributed by atoms with E-state index in [2.05, 4.69) is 4.74 Å². The molecule has 3 aromatic rings. The van der Waals surface area contributed by atoms with Gasteiger partial charge in [-0.3, -0.25) is 4.79 Å². The number of hydrogen-bond donors (Lipinski definition) is 0. The highest BCUT2D eigenvalue weighted by atomic mass is 35.5. The van der Waals surface area contributed by atoms with Gasteiger partial charge in [0.1, 0.15) is 5.75 Å². The van der Waals surface area contributed by atoms with E-state index < -0.39 is 6.61 Å². The molecule has 4 nitrogen and oxygen atoms in total. The van der Waals surface area contributed by atoms with Crippen molar-refractivity contribution in [1.29, 1.82) is 0 Å². The third-order valence-electron chi connectivity index (χ3n) is 4.02. The average molecular weight is 380 g/mol. The fraction of sp³-hybridized carbons (Fsp3) is 0.211. The summed E-state index contributed by atoms with van der Waals surface area (Å²) in [6.45, 7) is -0.773. The van der Waals surface area contributed by atoms with Crippen molar-refractivity contribution >= 4 is 28.5 Å². The summed E-state index contributed by atoms with van der Waals surface area (Å²) in [6, 6.07) is 11.5. The SMILES string of the molecule is Cc1c(C(=O)N(C)Cc2ccc(OC(F)F)cc2)oc2c(Cl)cccc12. The maximum absolute atomic E-state index is 12.7. The van der Waals surface area contributed by atoms with E-state index >= 15 is 0 Å². The summed E-state index contributed by atoms with van der Waals surface area (Å²) in [5.74, 6) is 0.0106. The predicted octanol–water partition coefficient (Wildman–Crippen LogP) is 5.27. The lowest BCUT2D eigenvalue weighted by Gasteiger charge is -2.16. The number of carbonyl (C=O) groups is 1. The molecule has 0 atom stereocenters. The van der Waals surface area contributed by atoms with E-state index in [-0.39, 0.29) is 24.0 Å². The number of furan rings is 1. The fourth-order valence-corrected chi connectivity index (χ4v) is 2.92. The number of ether oxygens (including phenoxy) is 1. The summed E-state index contributed by atoms with van der Waals surface area (Å²) in [5.41, 5.74) is 1.98. The zero-order chi connectivity index (χ0) is 18.8. The van der Waals surface area contributed by atoms with E-state index in [0.29, 0.717) is 10.6 Å². The van der Waals surface area contributed by atoms with Crippen molar-refractivity contribution < 1.29 is 22.7 Å². The van der Waals surface area contributed by atoms with Gasteiger partial charge in [0.15, 0.2) is 11.3 Å². The van der Waals surface area contributed by atoms with Crippen molar-refractivity contribution in [3.05, 3.63) is 64.4 Å². The van der Waals surface area contributed by atoms with Gasteiger partial charge in [-0.2, -0.15) is 8.78 Å². The molecular formula is C19H16ClF2NO3. The summed E-state index contributed by atoms with van der Waals surface area (Å²) in [6.07, 6.45) is 0. The maximum atomic E-state index is 12.7. The predicted molar refractivity (Wildman–Crippen MR) is 94.8 cm³/mol. The van der Waals surface area contributed by atoms with Crippen molar-refractivity contribution in [2.24, 2.45) is 0 Å². The molecule has 7 heteroatoms. The van der Waals surface area contributed by atoms with Crippen molar-refractivity contribution in [2.75, 3.05) is 7.05 Å². The Kier molecular flexibility index (Phi) is 5.13. The van der Waals surface area contributed by atoms with E-state index in [1.165, 1.54) is 17.0 Å². The van der Waals surface area contributed by atoms with Gasteiger partial charge in [-0.15, -0.1) is 0 Å². The maximum Gasteiger partial charge on any atom is 0.387 e. The summed E-state index contributed by atoms with van der Waals surface area (Å²) in [4.78, 5) is 14.2. The molecule has 0 fully saturated rings. The molecular weight excluding hydrogens is 364 g/mol. The van der Waals surface area contributed by atoms with Crippen LogP contribution in [-0.4, -0.2) is 24.5 Å². The zero-order valence-corrected chi connectivity index (χ0v) is 14.9. The minimum Gasteiger partial charge on any atom is -0.449 e. The molecule has 0 aliphatic carbocycles. The van der Waals surface area contributed by atoms with Gasteiger partial charge in [-0.25, -0.2) is 0 Å². The van der Waals surface area contributed by atoms with Crippen LogP contribution < -0.4 is 4.74 Å². The second-order valence-corrected chi connectivity index (χ2v) is 6.26. The summed E-state index contributed by atoms with van der Waals surface area (Å²) < 4.78 is 34.4. The molecule has 0 N–H and O–H groups in total. The van der Waals surface area contributed by atoms with Crippen molar-refractivity contribution in [3.8, 4) is 5.75 Å². The number of para-hydroxylation sites is 1. The standard InChI is InChI=1S/C19H16ClF2NO3/c1-11-14-4-3-5-15(20)17(14)26-16(11)18(24)23(2)10-12-6-8-13(9-7-12)25-19(21)22/h3-9,19H,10H2,1-2H3. The third-order valence-corrected chi connectivity index (χ3v) is 4.32. The third kappa shape index (κ3) is 3.65.